The smallest absolute Gasteiger partial charge is 0.253 e. The minimum atomic E-state index is -0.478. The van der Waals surface area contributed by atoms with E-state index in [2.05, 4.69) is 10.6 Å². The van der Waals surface area contributed by atoms with Gasteiger partial charge in [-0.2, -0.15) is 0 Å². The van der Waals surface area contributed by atoms with Crippen LogP contribution in [-0.2, 0) is 6.54 Å². The Bertz CT molecular complexity index is 732. The van der Waals surface area contributed by atoms with Gasteiger partial charge in [0.25, 0.3) is 10.9 Å². The lowest BCUT2D eigenvalue weighted by Gasteiger charge is -2.20. The van der Waals surface area contributed by atoms with Crippen LogP contribution in [0.3, 0.4) is 0 Å². The third-order valence-electron chi connectivity index (χ3n) is 3.70. The lowest BCUT2D eigenvalue weighted by atomic mass is 10.1. The Balaban J connectivity index is 2.10. The molecule has 0 bridgehead atoms. The maximum atomic E-state index is 11.7. The Labute approximate surface area is 139 Å². The number of hydrogen-bond donors (Lipinski definition) is 2. The lowest BCUT2D eigenvalue weighted by molar-refractivity contribution is 0.670. The van der Waals surface area contributed by atoms with Gasteiger partial charge in [-0.15, -0.1) is 0 Å². The average molecular weight is 341 g/mol. The van der Waals surface area contributed by atoms with Gasteiger partial charge in [-0.05, 0) is 30.5 Å². The number of anilines is 2. The maximum Gasteiger partial charge on any atom is 0.253 e. The van der Waals surface area contributed by atoms with Gasteiger partial charge in [0.15, 0.2) is 0 Å². The van der Waals surface area contributed by atoms with Crippen molar-refractivity contribution in [1.82, 2.24) is 0 Å². The second-order valence-electron chi connectivity index (χ2n) is 5.17. The predicted octanol–water partition coefficient (Wildman–Crippen LogP) is 3.80. The summed E-state index contributed by atoms with van der Waals surface area (Å²) < 4.78 is 0. The molecule has 118 valence electrons. The van der Waals surface area contributed by atoms with Crippen LogP contribution in [0.15, 0.2) is 27.8 Å². The topological polar surface area (TPSA) is 58.2 Å². The fourth-order valence-corrected chi connectivity index (χ4v) is 2.56. The first kappa shape index (κ1) is 16.8. The lowest BCUT2D eigenvalue weighted by Crippen LogP contribution is -2.39. The second kappa shape index (κ2) is 7.16. The molecule has 0 saturated carbocycles. The van der Waals surface area contributed by atoms with Crippen LogP contribution < -0.4 is 21.5 Å². The molecule has 0 radical (unpaired) electrons. The van der Waals surface area contributed by atoms with Gasteiger partial charge in [-0.25, -0.2) is 0 Å². The van der Waals surface area contributed by atoms with Crippen molar-refractivity contribution in [2.24, 2.45) is 0 Å². The zero-order chi connectivity index (χ0) is 16.3. The molecule has 0 saturated heterocycles. The minimum Gasteiger partial charge on any atom is -0.377 e. The number of hydrogen-bond acceptors (Lipinski definition) is 4. The highest BCUT2D eigenvalue weighted by atomic mass is 35.5. The second-order valence-corrected chi connectivity index (χ2v) is 5.98. The van der Waals surface area contributed by atoms with E-state index in [1.807, 2.05) is 19.9 Å². The van der Waals surface area contributed by atoms with Gasteiger partial charge in [-0.1, -0.05) is 43.1 Å². The third kappa shape index (κ3) is 3.45. The van der Waals surface area contributed by atoms with Crippen molar-refractivity contribution in [2.75, 3.05) is 10.6 Å². The van der Waals surface area contributed by atoms with E-state index in [1.165, 1.54) is 0 Å². The summed E-state index contributed by atoms with van der Waals surface area (Å²) in [6, 6.07) is 5.44. The van der Waals surface area contributed by atoms with Gasteiger partial charge in [0, 0.05) is 12.6 Å². The molecule has 0 aliphatic carbocycles. The molecule has 4 nitrogen and oxygen atoms in total. The van der Waals surface area contributed by atoms with E-state index in [1.54, 1.807) is 12.1 Å². The Morgan fingerprint density at radius 2 is 1.64 bits per heavy atom. The Kier molecular flexibility index (Phi) is 5.48. The van der Waals surface area contributed by atoms with Crippen LogP contribution >= 0.6 is 23.2 Å². The molecule has 0 aliphatic heterocycles. The van der Waals surface area contributed by atoms with Crippen LogP contribution in [0.25, 0.3) is 0 Å². The van der Waals surface area contributed by atoms with Crippen LogP contribution in [0, 0.1) is 0 Å². The first-order valence-corrected chi connectivity index (χ1v) is 8.01. The van der Waals surface area contributed by atoms with Crippen LogP contribution in [0.4, 0.5) is 11.4 Å². The van der Waals surface area contributed by atoms with Crippen molar-refractivity contribution < 1.29 is 0 Å². The number of nitrogens with one attached hydrogen (secondary N) is 2. The van der Waals surface area contributed by atoms with Gasteiger partial charge >= 0.3 is 0 Å². The molecular formula is C16H18Cl2N2O2. The molecule has 0 aliphatic rings. The number of halogens is 2. The molecule has 0 spiro atoms. The van der Waals surface area contributed by atoms with Crippen molar-refractivity contribution in [3.05, 3.63) is 54.3 Å². The monoisotopic (exact) mass is 340 g/mol. The molecule has 0 amide bonds. The quantitative estimate of drug-likeness (QED) is 0.752. The van der Waals surface area contributed by atoms with E-state index < -0.39 is 10.9 Å². The fraction of sp³-hybridized carbons (Fsp3) is 0.375. The molecule has 0 fully saturated rings. The highest BCUT2D eigenvalue weighted by molar-refractivity contribution is 6.42. The first-order valence-electron chi connectivity index (χ1n) is 7.25. The van der Waals surface area contributed by atoms with Crippen molar-refractivity contribution in [3.63, 3.8) is 0 Å². The van der Waals surface area contributed by atoms with E-state index >= 15 is 0 Å². The zero-order valence-electron chi connectivity index (χ0n) is 12.5. The first-order chi connectivity index (χ1) is 10.5. The Morgan fingerprint density at radius 1 is 1.00 bits per heavy atom. The molecule has 2 rings (SSSR count). The number of rotatable bonds is 7. The Morgan fingerprint density at radius 3 is 2.23 bits per heavy atom. The Hall–Kier alpha value is -1.52. The highest BCUT2D eigenvalue weighted by Gasteiger charge is 2.22. The molecule has 6 heteroatoms. The van der Waals surface area contributed by atoms with E-state index in [-0.39, 0.29) is 6.04 Å². The van der Waals surface area contributed by atoms with E-state index in [4.69, 9.17) is 23.2 Å². The molecule has 0 atom stereocenters. The normalized spacial score (nSPS) is 11.1. The minimum absolute atomic E-state index is 0.189. The molecule has 0 unspecified atom stereocenters. The molecule has 2 N–H and O–H groups in total. The summed E-state index contributed by atoms with van der Waals surface area (Å²) in [5.74, 6) is 0. The maximum absolute atomic E-state index is 11.7. The summed E-state index contributed by atoms with van der Waals surface area (Å²) in [6.45, 7) is 4.48. The molecule has 0 heterocycles. The average Bonchev–Trinajstić information content (AvgIpc) is 2.53. The predicted molar refractivity (Wildman–Crippen MR) is 93.1 cm³/mol. The third-order valence-corrected chi connectivity index (χ3v) is 4.44. The zero-order valence-corrected chi connectivity index (χ0v) is 14.0. The van der Waals surface area contributed by atoms with Crippen molar-refractivity contribution in [2.45, 2.75) is 39.3 Å². The van der Waals surface area contributed by atoms with Crippen molar-refractivity contribution in [1.29, 1.82) is 0 Å². The van der Waals surface area contributed by atoms with Crippen molar-refractivity contribution in [3.8, 4) is 0 Å². The largest absolute Gasteiger partial charge is 0.377 e. The molecule has 2 aromatic carbocycles. The molecule has 2 aromatic rings. The van der Waals surface area contributed by atoms with Gasteiger partial charge in [0.05, 0.1) is 10.0 Å². The van der Waals surface area contributed by atoms with Crippen LogP contribution in [0.5, 0.6) is 0 Å². The highest BCUT2D eigenvalue weighted by Crippen LogP contribution is 2.24. The summed E-state index contributed by atoms with van der Waals surface area (Å²) in [4.78, 5) is 23.4. The van der Waals surface area contributed by atoms with Gasteiger partial charge in [0.1, 0.15) is 11.4 Å². The summed E-state index contributed by atoms with van der Waals surface area (Å²) in [7, 11) is 0. The van der Waals surface area contributed by atoms with Crippen molar-refractivity contribution >= 4 is 34.6 Å². The number of benzene rings is 1. The van der Waals surface area contributed by atoms with E-state index in [9.17, 15) is 9.59 Å². The van der Waals surface area contributed by atoms with Gasteiger partial charge < -0.3 is 10.6 Å². The van der Waals surface area contributed by atoms with Gasteiger partial charge in [0.2, 0.25) is 0 Å². The van der Waals surface area contributed by atoms with Crippen LogP contribution in [-0.4, -0.2) is 6.04 Å². The van der Waals surface area contributed by atoms with Gasteiger partial charge in [-0.3, -0.25) is 9.59 Å². The summed E-state index contributed by atoms with van der Waals surface area (Å²) >= 11 is 11.8. The molecule has 22 heavy (non-hydrogen) atoms. The SMILES string of the molecule is CCC(CC)Nc1c(NCc2ccc(Cl)c(Cl)c2)c(=O)c1=O. The molecule has 0 aromatic heterocycles. The van der Waals surface area contributed by atoms with Crippen LogP contribution in [0.1, 0.15) is 32.3 Å². The van der Waals surface area contributed by atoms with E-state index in [0.717, 1.165) is 18.4 Å². The summed E-state index contributed by atoms with van der Waals surface area (Å²) in [6.07, 6.45) is 1.78. The summed E-state index contributed by atoms with van der Waals surface area (Å²) in [5, 5.41) is 7.09. The summed E-state index contributed by atoms with van der Waals surface area (Å²) in [5.41, 5.74) is 0.690. The fourth-order valence-electron chi connectivity index (χ4n) is 2.23. The van der Waals surface area contributed by atoms with E-state index in [0.29, 0.717) is 28.0 Å². The molecular weight excluding hydrogens is 323 g/mol. The standard InChI is InChI=1S/C16H18Cl2N2O2/c1-3-10(4-2)20-14-13(15(21)16(14)22)19-8-9-5-6-11(17)12(18)7-9/h5-7,10,19-20H,3-4,8H2,1-2H3. The van der Waals surface area contributed by atoms with Crippen LogP contribution in [0.2, 0.25) is 10.0 Å².